The Morgan fingerprint density at radius 1 is 1.28 bits per heavy atom. The number of rotatable bonds is 5. The van der Waals surface area contributed by atoms with E-state index in [1.807, 2.05) is 13.0 Å². The minimum atomic E-state index is -0.223. The predicted octanol–water partition coefficient (Wildman–Crippen LogP) is 4.17. The molecule has 3 N–H and O–H groups in total. The molecule has 3 rings (SSSR count). The van der Waals surface area contributed by atoms with Crippen LogP contribution in [-0.4, -0.2) is 12.6 Å². The van der Waals surface area contributed by atoms with Crippen LogP contribution in [0.5, 0.6) is 0 Å². The highest BCUT2D eigenvalue weighted by Gasteiger charge is 2.22. The van der Waals surface area contributed by atoms with E-state index in [1.54, 1.807) is 0 Å². The zero-order chi connectivity index (χ0) is 17.8. The Balaban J connectivity index is 1.82. The molecule has 0 spiro atoms. The van der Waals surface area contributed by atoms with E-state index in [9.17, 15) is 4.79 Å². The maximum absolute atomic E-state index is 11.8. The average Bonchev–Trinajstić information content (AvgIpc) is 2.58. The molecule has 1 aliphatic carbocycles. The summed E-state index contributed by atoms with van der Waals surface area (Å²) in [6.07, 6.45) is 3.47. The van der Waals surface area contributed by atoms with Crippen molar-refractivity contribution in [2.24, 2.45) is 0 Å². The average molecular weight is 338 g/mol. The zero-order valence-corrected chi connectivity index (χ0v) is 15.0. The van der Waals surface area contributed by atoms with E-state index in [0.717, 1.165) is 30.5 Å². The monoisotopic (exact) mass is 338 g/mol. The lowest BCUT2D eigenvalue weighted by Crippen LogP contribution is -2.19. The van der Waals surface area contributed by atoms with E-state index in [2.05, 4.69) is 42.6 Å². The van der Waals surface area contributed by atoms with Gasteiger partial charge in [0.05, 0.1) is 19.1 Å². The molecule has 4 heteroatoms. The predicted molar refractivity (Wildman–Crippen MR) is 102 cm³/mol. The molecular weight excluding hydrogens is 312 g/mol. The van der Waals surface area contributed by atoms with Gasteiger partial charge in [0, 0.05) is 11.4 Å². The van der Waals surface area contributed by atoms with Crippen LogP contribution in [0.15, 0.2) is 36.4 Å². The van der Waals surface area contributed by atoms with Gasteiger partial charge >= 0.3 is 5.97 Å². The normalized spacial score (nSPS) is 16.2. The summed E-state index contributed by atoms with van der Waals surface area (Å²) in [7, 11) is 0. The third-order valence-electron chi connectivity index (χ3n) is 4.75. The standard InChI is InChI=1S/C21H26N2O2/c1-3-25-21(24)12-16-11-15-5-4-6-20(18(15)13-19(16)22)23-17-9-7-14(2)8-10-17/h7-11,13,20,23H,3-6,12,22H2,1-2H3. The Morgan fingerprint density at radius 3 is 2.76 bits per heavy atom. The summed E-state index contributed by atoms with van der Waals surface area (Å²) in [6.45, 7) is 4.30. The highest BCUT2D eigenvalue weighted by molar-refractivity contribution is 5.75. The topological polar surface area (TPSA) is 64.3 Å². The number of fused-ring (bicyclic) bond motifs is 1. The molecule has 0 saturated carbocycles. The zero-order valence-electron chi connectivity index (χ0n) is 15.0. The second kappa shape index (κ2) is 7.60. The van der Waals surface area contributed by atoms with E-state index in [4.69, 9.17) is 10.5 Å². The molecule has 0 amide bonds. The molecule has 0 saturated heterocycles. The van der Waals surface area contributed by atoms with Gasteiger partial charge in [0.15, 0.2) is 0 Å². The van der Waals surface area contributed by atoms with Gasteiger partial charge in [-0.25, -0.2) is 0 Å². The molecule has 0 heterocycles. The number of nitrogens with one attached hydrogen (secondary N) is 1. The Kier molecular flexibility index (Phi) is 5.27. The molecule has 1 atom stereocenters. The molecule has 132 valence electrons. The van der Waals surface area contributed by atoms with E-state index in [1.165, 1.54) is 16.7 Å². The summed E-state index contributed by atoms with van der Waals surface area (Å²) >= 11 is 0. The van der Waals surface area contributed by atoms with Crippen molar-refractivity contribution in [3.05, 3.63) is 58.7 Å². The number of hydrogen-bond acceptors (Lipinski definition) is 4. The van der Waals surface area contributed by atoms with Crippen LogP contribution in [0.3, 0.4) is 0 Å². The minimum Gasteiger partial charge on any atom is -0.466 e. The van der Waals surface area contributed by atoms with Gasteiger partial charge in [-0.1, -0.05) is 23.8 Å². The summed E-state index contributed by atoms with van der Waals surface area (Å²) in [5.41, 5.74) is 12.7. The second-order valence-electron chi connectivity index (χ2n) is 6.69. The van der Waals surface area contributed by atoms with Gasteiger partial charge in [0.2, 0.25) is 0 Å². The first kappa shape index (κ1) is 17.3. The molecule has 1 aliphatic rings. The summed E-state index contributed by atoms with van der Waals surface area (Å²) in [5, 5.41) is 3.62. The molecule has 1 unspecified atom stereocenters. The molecule has 0 bridgehead atoms. The first-order valence-electron chi connectivity index (χ1n) is 8.97. The lowest BCUT2D eigenvalue weighted by atomic mass is 9.85. The maximum atomic E-state index is 11.8. The van der Waals surface area contributed by atoms with Crippen LogP contribution in [0.25, 0.3) is 0 Å². The highest BCUT2D eigenvalue weighted by atomic mass is 16.5. The van der Waals surface area contributed by atoms with Gasteiger partial charge < -0.3 is 15.8 Å². The van der Waals surface area contributed by atoms with Crippen LogP contribution in [0, 0.1) is 6.92 Å². The Labute approximate surface area is 149 Å². The molecule has 2 aromatic carbocycles. The number of carbonyl (C=O) groups is 1. The van der Waals surface area contributed by atoms with Gasteiger partial charge in [0.1, 0.15) is 0 Å². The third-order valence-corrected chi connectivity index (χ3v) is 4.75. The smallest absolute Gasteiger partial charge is 0.310 e. The number of hydrogen-bond donors (Lipinski definition) is 2. The van der Waals surface area contributed by atoms with Crippen molar-refractivity contribution in [3.8, 4) is 0 Å². The fraction of sp³-hybridized carbons (Fsp3) is 0.381. The minimum absolute atomic E-state index is 0.223. The lowest BCUT2D eigenvalue weighted by molar-refractivity contribution is -0.142. The van der Waals surface area contributed by atoms with Gasteiger partial charge in [-0.05, 0) is 68.0 Å². The molecule has 4 nitrogen and oxygen atoms in total. The Hall–Kier alpha value is -2.49. The van der Waals surface area contributed by atoms with Crippen molar-refractivity contribution in [1.82, 2.24) is 0 Å². The number of nitrogens with two attached hydrogens (primary N) is 1. The van der Waals surface area contributed by atoms with Gasteiger partial charge in [0.25, 0.3) is 0 Å². The molecule has 0 fully saturated rings. The number of benzene rings is 2. The lowest BCUT2D eigenvalue weighted by Gasteiger charge is -2.28. The van der Waals surface area contributed by atoms with E-state index in [-0.39, 0.29) is 18.4 Å². The van der Waals surface area contributed by atoms with Crippen molar-refractivity contribution in [1.29, 1.82) is 0 Å². The molecule has 2 aromatic rings. The van der Waals surface area contributed by atoms with E-state index < -0.39 is 0 Å². The SMILES string of the molecule is CCOC(=O)Cc1cc2c(cc1N)C(Nc1ccc(C)cc1)CCC2. The number of carbonyl (C=O) groups excluding carboxylic acids is 1. The number of aryl methyl sites for hydroxylation is 2. The van der Waals surface area contributed by atoms with Crippen LogP contribution < -0.4 is 11.1 Å². The summed E-state index contributed by atoms with van der Waals surface area (Å²) in [4.78, 5) is 11.8. The van der Waals surface area contributed by atoms with Crippen LogP contribution in [0.1, 0.15) is 48.1 Å². The molecular formula is C21H26N2O2. The highest BCUT2D eigenvalue weighted by Crippen LogP contribution is 2.35. The summed E-state index contributed by atoms with van der Waals surface area (Å²) < 4.78 is 5.05. The van der Waals surface area contributed by atoms with Crippen molar-refractivity contribution in [2.75, 3.05) is 17.7 Å². The van der Waals surface area contributed by atoms with Crippen LogP contribution >= 0.6 is 0 Å². The largest absolute Gasteiger partial charge is 0.466 e. The number of esters is 1. The molecule has 0 radical (unpaired) electrons. The summed E-state index contributed by atoms with van der Waals surface area (Å²) in [6, 6.07) is 12.8. The van der Waals surface area contributed by atoms with Crippen molar-refractivity contribution >= 4 is 17.3 Å². The number of anilines is 2. The molecule has 0 aromatic heterocycles. The number of nitrogen functional groups attached to an aromatic ring is 1. The van der Waals surface area contributed by atoms with Gasteiger partial charge in [-0.15, -0.1) is 0 Å². The maximum Gasteiger partial charge on any atom is 0.310 e. The van der Waals surface area contributed by atoms with Crippen LogP contribution in [0.2, 0.25) is 0 Å². The molecule has 25 heavy (non-hydrogen) atoms. The fourth-order valence-corrected chi connectivity index (χ4v) is 3.44. The first-order chi connectivity index (χ1) is 12.1. The van der Waals surface area contributed by atoms with Crippen LogP contribution in [-0.2, 0) is 22.4 Å². The fourth-order valence-electron chi connectivity index (χ4n) is 3.44. The van der Waals surface area contributed by atoms with Gasteiger partial charge in [-0.2, -0.15) is 0 Å². The second-order valence-corrected chi connectivity index (χ2v) is 6.69. The van der Waals surface area contributed by atoms with Crippen LogP contribution in [0.4, 0.5) is 11.4 Å². The van der Waals surface area contributed by atoms with Gasteiger partial charge in [-0.3, -0.25) is 4.79 Å². The van der Waals surface area contributed by atoms with Crippen molar-refractivity contribution < 1.29 is 9.53 Å². The van der Waals surface area contributed by atoms with E-state index >= 15 is 0 Å². The first-order valence-corrected chi connectivity index (χ1v) is 8.97. The molecule has 0 aliphatic heterocycles. The summed E-state index contributed by atoms with van der Waals surface area (Å²) in [5.74, 6) is -0.223. The Bertz CT molecular complexity index is 753. The number of ether oxygens (including phenoxy) is 1. The third kappa shape index (κ3) is 4.13. The van der Waals surface area contributed by atoms with E-state index in [0.29, 0.717) is 12.3 Å². The van der Waals surface area contributed by atoms with Crippen molar-refractivity contribution in [2.45, 2.75) is 45.6 Å². The van der Waals surface area contributed by atoms with Crippen molar-refractivity contribution in [3.63, 3.8) is 0 Å². The quantitative estimate of drug-likeness (QED) is 0.634. The Morgan fingerprint density at radius 2 is 2.04 bits per heavy atom.